The molecule has 18 heavy (non-hydrogen) atoms. The lowest BCUT2D eigenvalue weighted by Gasteiger charge is -2.15. The largest absolute Gasteiger partial charge is 0.493 e. The van der Waals surface area contributed by atoms with E-state index in [9.17, 15) is 4.79 Å². The van der Waals surface area contributed by atoms with Crippen molar-refractivity contribution in [2.24, 2.45) is 5.73 Å². The number of rotatable bonds is 8. The number of para-hydroxylation sites is 1. The second-order valence-electron chi connectivity index (χ2n) is 4.20. The van der Waals surface area contributed by atoms with Crippen LogP contribution in [0.5, 0.6) is 5.75 Å². The standard InChI is InChI=1S/C14H22N2O2/c1-2-6-12(11-15)16-14(17)9-10-18-13-7-4-3-5-8-13/h3-5,7-8,12H,2,6,9-11,15H2,1H3,(H,16,17). The highest BCUT2D eigenvalue weighted by atomic mass is 16.5. The molecule has 0 aliphatic carbocycles. The predicted octanol–water partition coefficient (Wildman–Crippen LogP) is 1.70. The highest BCUT2D eigenvalue weighted by Crippen LogP contribution is 2.08. The molecule has 1 aromatic rings. The third-order valence-electron chi connectivity index (χ3n) is 2.63. The maximum atomic E-state index is 11.6. The SMILES string of the molecule is CCCC(CN)NC(=O)CCOc1ccccc1. The molecule has 0 saturated heterocycles. The van der Waals surface area contributed by atoms with Gasteiger partial charge in [0, 0.05) is 12.6 Å². The lowest BCUT2D eigenvalue weighted by atomic mass is 10.1. The molecule has 1 unspecified atom stereocenters. The highest BCUT2D eigenvalue weighted by Gasteiger charge is 2.09. The molecule has 0 fully saturated rings. The molecule has 1 atom stereocenters. The molecule has 1 rings (SSSR count). The molecule has 0 aliphatic rings. The first kappa shape index (κ1) is 14.5. The fourth-order valence-electron chi connectivity index (χ4n) is 1.68. The molecule has 1 amide bonds. The molecular weight excluding hydrogens is 228 g/mol. The van der Waals surface area contributed by atoms with E-state index in [0.29, 0.717) is 19.6 Å². The van der Waals surface area contributed by atoms with Crippen molar-refractivity contribution in [2.75, 3.05) is 13.2 Å². The fraction of sp³-hybridized carbons (Fsp3) is 0.500. The van der Waals surface area contributed by atoms with Gasteiger partial charge in [0.1, 0.15) is 5.75 Å². The molecule has 100 valence electrons. The maximum Gasteiger partial charge on any atom is 0.223 e. The first-order chi connectivity index (χ1) is 8.76. The molecule has 0 bridgehead atoms. The number of hydrogen-bond donors (Lipinski definition) is 2. The predicted molar refractivity (Wildman–Crippen MR) is 72.4 cm³/mol. The minimum Gasteiger partial charge on any atom is -0.493 e. The van der Waals surface area contributed by atoms with E-state index >= 15 is 0 Å². The average molecular weight is 250 g/mol. The van der Waals surface area contributed by atoms with E-state index in [1.54, 1.807) is 0 Å². The lowest BCUT2D eigenvalue weighted by Crippen LogP contribution is -2.40. The van der Waals surface area contributed by atoms with Crippen molar-refractivity contribution in [3.63, 3.8) is 0 Å². The van der Waals surface area contributed by atoms with Crippen molar-refractivity contribution < 1.29 is 9.53 Å². The summed E-state index contributed by atoms with van der Waals surface area (Å²) < 4.78 is 5.46. The smallest absolute Gasteiger partial charge is 0.223 e. The van der Waals surface area contributed by atoms with E-state index in [-0.39, 0.29) is 11.9 Å². The van der Waals surface area contributed by atoms with Crippen LogP contribution in [0.2, 0.25) is 0 Å². The summed E-state index contributed by atoms with van der Waals surface area (Å²) in [5, 5.41) is 2.91. The van der Waals surface area contributed by atoms with Crippen LogP contribution in [-0.4, -0.2) is 25.1 Å². The van der Waals surface area contributed by atoms with Crippen LogP contribution in [0.4, 0.5) is 0 Å². The monoisotopic (exact) mass is 250 g/mol. The number of nitrogens with one attached hydrogen (secondary N) is 1. The summed E-state index contributed by atoms with van der Waals surface area (Å²) in [5.74, 6) is 0.782. The quantitative estimate of drug-likeness (QED) is 0.738. The summed E-state index contributed by atoms with van der Waals surface area (Å²) in [5.41, 5.74) is 5.58. The second-order valence-corrected chi connectivity index (χ2v) is 4.20. The van der Waals surface area contributed by atoms with Crippen molar-refractivity contribution in [3.8, 4) is 5.75 Å². The van der Waals surface area contributed by atoms with Crippen molar-refractivity contribution >= 4 is 5.91 Å². The van der Waals surface area contributed by atoms with E-state index in [4.69, 9.17) is 10.5 Å². The first-order valence-corrected chi connectivity index (χ1v) is 6.43. The van der Waals surface area contributed by atoms with E-state index in [0.717, 1.165) is 18.6 Å². The summed E-state index contributed by atoms with van der Waals surface area (Å²) in [6.45, 7) is 2.95. The first-order valence-electron chi connectivity index (χ1n) is 6.43. The van der Waals surface area contributed by atoms with Crippen LogP contribution >= 0.6 is 0 Å². The zero-order valence-electron chi connectivity index (χ0n) is 10.9. The van der Waals surface area contributed by atoms with Crippen molar-refractivity contribution in [3.05, 3.63) is 30.3 Å². The lowest BCUT2D eigenvalue weighted by molar-refractivity contribution is -0.122. The Bertz CT molecular complexity index is 341. The third kappa shape index (κ3) is 5.68. The van der Waals surface area contributed by atoms with Gasteiger partial charge in [-0.25, -0.2) is 0 Å². The number of nitrogens with two attached hydrogens (primary N) is 1. The molecule has 1 aromatic carbocycles. The number of ether oxygens (including phenoxy) is 1. The molecular formula is C14H22N2O2. The van der Waals surface area contributed by atoms with Crippen molar-refractivity contribution in [1.29, 1.82) is 0 Å². The number of benzene rings is 1. The summed E-state index contributed by atoms with van der Waals surface area (Å²) >= 11 is 0. The molecule has 0 aromatic heterocycles. The number of hydrogen-bond acceptors (Lipinski definition) is 3. The van der Waals surface area contributed by atoms with Gasteiger partial charge < -0.3 is 15.8 Å². The summed E-state index contributed by atoms with van der Waals surface area (Å²) in [6.07, 6.45) is 2.29. The van der Waals surface area contributed by atoms with Gasteiger partial charge in [0.2, 0.25) is 5.91 Å². The van der Waals surface area contributed by atoms with Crippen LogP contribution in [0, 0.1) is 0 Å². The molecule has 4 heteroatoms. The highest BCUT2D eigenvalue weighted by molar-refractivity contribution is 5.76. The van der Waals surface area contributed by atoms with Crippen LogP contribution in [-0.2, 0) is 4.79 Å². The molecule has 0 aliphatic heterocycles. The minimum absolute atomic E-state index is 0.00479. The molecule has 0 spiro atoms. The van der Waals surface area contributed by atoms with E-state index in [1.165, 1.54) is 0 Å². The summed E-state index contributed by atoms with van der Waals surface area (Å²) in [7, 11) is 0. The van der Waals surface area contributed by atoms with Crippen molar-refractivity contribution in [1.82, 2.24) is 5.32 Å². The zero-order chi connectivity index (χ0) is 13.2. The van der Waals surface area contributed by atoms with Gasteiger partial charge in [-0.3, -0.25) is 4.79 Å². The van der Waals surface area contributed by atoms with Gasteiger partial charge in [-0.1, -0.05) is 31.5 Å². The second kappa shape index (κ2) is 8.53. The fourth-order valence-corrected chi connectivity index (χ4v) is 1.68. The molecule has 0 saturated carbocycles. The Morgan fingerprint density at radius 3 is 2.72 bits per heavy atom. The molecule has 0 radical (unpaired) electrons. The van der Waals surface area contributed by atoms with Gasteiger partial charge >= 0.3 is 0 Å². The molecule has 3 N–H and O–H groups in total. The summed E-state index contributed by atoms with van der Waals surface area (Å²) in [4.78, 5) is 11.6. The van der Waals surface area contributed by atoms with Gasteiger partial charge in [-0.2, -0.15) is 0 Å². The van der Waals surface area contributed by atoms with Gasteiger partial charge in [-0.15, -0.1) is 0 Å². The van der Waals surface area contributed by atoms with Gasteiger partial charge in [0.15, 0.2) is 0 Å². The Balaban J connectivity index is 2.20. The van der Waals surface area contributed by atoms with Crippen molar-refractivity contribution in [2.45, 2.75) is 32.2 Å². The molecule has 0 heterocycles. The van der Waals surface area contributed by atoms with Crippen LogP contribution in [0.15, 0.2) is 30.3 Å². The van der Waals surface area contributed by atoms with Crippen LogP contribution in [0.1, 0.15) is 26.2 Å². The van der Waals surface area contributed by atoms with E-state index in [1.807, 2.05) is 30.3 Å². The minimum atomic E-state index is -0.00479. The maximum absolute atomic E-state index is 11.6. The zero-order valence-corrected chi connectivity index (χ0v) is 10.9. The van der Waals surface area contributed by atoms with Gasteiger partial charge in [0.25, 0.3) is 0 Å². The number of carbonyl (C=O) groups excluding carboxylic acids is 1. The van der Waals surface area contributed by atoms with E-state index in [2.05, 4.69) is 12.2 Å². The molecule has 4 nitrogen and oxygen atoms in total. The van der Waals surface area contributed by atoms with Gasteiger partial charge in [-0.05, 0) is 18.6 Å². The van der Waals surface area contributed by atoms with Gasteiger partial charge in [0.05, 0.1) is 13.0 Å². The number of carbonyl (C=O) groups is 1. The van der Waals surface area contributed by atoms with Crippen LogP contribution < -0.4 is 15.8 Å². The summed E-state index contributed by atoms with van der Waals surface area (Å²) in [6, 6.07) is 9.56. The Morgan fingerprint density at radius 1 is 1.39 bits per heavy atom. The number of amides is 1. The third-order valence-corrected chi connectivity index (χ3v) is 2.63. The normalized spacial score (nSPS) is 11.9. The van der Waals surface area contributed by atoms with Crippen LogP contribution in [0.3, 0.4) is 0 Å². The Morgan fingerprint density at radius 2 is 2.11 bits per heavy atom. The average Bonchev–Trinajstić information content (AvgIpc) is 2.39. The Kier molecular flexibility index (Phi) is 6.87. The topological polar surface area (TPSA) is 64.3 Å². The van der Waals surface area contributed by atoms with E-state index < -0.39 is 0 Å². The van der Waals surface area contributed by atoms with Crippen LogP contribution in [0.25, 0.3) is 0 Å². The Hall–Kier alpha value is -1.55. The Labute approximate surface area is 109 Å².